The maximum Gasteiger partial charge on any atom is 0.168 e. The van der Waals surface area contributed by atoms with E-state index in [4.69, 9.17) is 15.1 Å². The average molecular weight is 261 g/mol. The predicted octanol–water partition coefficient (Wildman–Crippen LogP) is 3.12. The molecule has 2 aromatic rings. The minimum Gasteiger partial charge on any atom is -0.453 e. The lowest BCUT2D eigenvalue weighted by atomic mass is 10.1. The molecule has 0 fully saturated rings. The van der Waals surface area contributed by atoms with Crippen molar-refractivity contribution in [3.8, 4) is 17.6 Å². The van der Waals surface area contributed by atoms with Gasteiger partial charge in [0.1, 0.15) is 17.6 Å². The highest BCUT2D eigenvalue weighted by molar-refractivity contribution is 5.47. The lowest BCUT2D eigenvalue weighted by Gasteiger charge is -2.09. The SMILES string of the molecule is N#Cc1cc(CO)ccc1Oc1ccc(F)cc1F. The summed E-state index contributed by atoms with van der Waals surface area (Å²) in [4.78, 5) is 0. The van der Waals surface area contributed by atoms with E-state index in [1.54, 1.807) is 6.07 Å². The summed E-state index contributed by atoms with van der Waals surface area (Å²) in [6, 6.07) is 9.24. The maximum absolute atomic E-state index is 13.4. The quantitative estimate of drug-likeness (QED) is 0.923. The lowest BCUT2D eigenvalue weighted by Crippen LogP contribution is -1.93. The summed E-state index contributed by atoms with van der Waals surface area (Å²) in [6.45, 7) is -0.208. The van der Waals surface area contributed by atoms with E-state index in [0.717, 1.165) is 12.1 Å². The van der Waals surface area contributed by atoms with Crippen molar-refractivity contribution in [2.45, 2.75) is 6.61 Å². The highest BCUT2D eigenvalue weighted by Gasteiger charge is 2.10. The molecular weight excluding hydrogens is 252 g/mol. The van der Waals surface area contributed by atoms with Crippen LogP contribution >= 0.6 is 0 Å². The van der Waals surface area contributed by atoms with E-state index in [9.17, 15) is 8.78 Å². The van der Waals surface area contributed by atoms with Crippen LogP contribution in [0.3, 0.4) is 0 Å². The van der Waals surface area contributed by atoms with Crippen molar-refractivity contribution in [1.29, 1.82) is 5.26 Å². The number of nitrogens with zero attached hydrogens (tertiary/aromatic N) is 1. The monoisotopic (exact) mass is 261 g/mol. The molecule has 0 aromatic heterocycles. The minimum atomic E-state index is -0.852. The molecule has 5 heteroatoms. The van der Waals surface area contributed by atoms with E-state index in [2.05, 4.69) is 0 Å². The number of rotatable bonds is 3. The molecule has 0 saturated heterocycles. The first kappa shape index (κ1) is 13.0. The van der Waals surface area contributed by atoms with Crippen LogP contribution in [-0.4, -0.2) is 5.11 Å². The van der Waals surface area contributed by atoms with Gasteiger partial charge in [-0.1, -0.05) is 6.07 Å². The van der Waals surface area contributed by atoms with Crippen molar-refractivity contribution >= 4 is 0 Å². The molecule has 0 atom stereocenters. The molecular formula is C14H9F2NO2. The molecule has 1 N–H and O–H groups in total. The highest BCUT2D eigenvalue weighted by atomic mass is 19.1. The van der Waals surface area contributed by atoms with Gasteiger partial charge in [-0.2, -0.15) is 5.26 Å². The van der Waals surface area contributed by atoms with E-state index in [0.29, 0.717) is 11.6 Å². The fraction of sp³-hybridized carbons (Fsp3) is 0.0714. The van der Waals surface area contributed by atoms with Crippen molar-refractivity contribution in [3.05, 3.63) is 59.2 Å². The number of aliphatic hydroxyl groups is 1. The largest absolute Gasteiger partial charge is 0.453 e. The second kappa shape index (κ2) is 5.46. The van der Waals surface area contributed by atoms with Crippen molar-refractivity contribution in [1.82, 2.24) is 0 Å². The normalized spacial score (nSPS) is 10.0. The number of benzene rings is 2. The first-order chi connectivity index (χ1) is 9.13. The Kier molecular flexibility index (Phi) is 3.74. The Bertz CT molecular complexity index is 650. The standard InChI is InChI=1S/C14H9F2NO2/c15-11-2-4-14(12(16)6-11)19-13-3-1-9(8-18)5-10(13)7-17/h1-6,18H,8H2. The van der Waals surface area contributed by atoms with Gasteiger partial charge in [0.15, 0.2) is 11.6 Å². The smallest absolute Gasteiger partial charge is 0.168 e. The predicted molar refractivity (Wildman–Crippen MR) is 63.5 cm³/mol. The second-order valence-corrected chi connectivity index (χ2v) is 3.78. The average Bonchev–Trinajstić information content (AvgIpc) is 2.42. The molecule has 0 heterocycles. The molecule has 0 aliphatic rings. The molecule has 3 nitrogen and oxygen atoms in total. The maximum atomic E-state index is 13.4. The van der Waals surface area contributed by atoms with Gasteiger partial charge in [0.2, 0.25) is 0 Å². The highest BCUT2D eigenvalue weighted by Crippen LogP contribution is 2.28. The molecule has 0 unspecified atom stereocenters. The van der Waals surface area contributed by atoms with E-state index in [1.165, 1.54) is 12.1 Å². The molecule has 0 amide bonds. The van der Waals surface area contributed by atoms with Crippen molar-refractivity contribution < 1.29 is 18.6 Å². The lowest BCUT2D eigenvalue weighted by molar-refractivity contribution is 0.281. The molecule has 0 saturated carbocycles. The molecule has 0 spiro atoms. The molecule has 2 aromatic carbocycles. The van der Waals surface area contributed by atoms with Gasteiger partial charge in [-0.25, -0.2) is 8.78 Å². The van der Waals surface area contributed by atoms with Gasteiger partial charge in [0.25, 0.3) is 0 Å². The second-order valence-electron chi connectivity index (χ2n) is 3.78. The topological polar surface area (TPSA) is 53.2 Å². The fourth-order valence-corrected chi connectivity index (χ4v) is 1.53. The van der Waals surface area contributed by atoms with E-state index >= 15 is 0 Å². The first-order valence-corrected chi connectivity index (χ1v) is 5.41. The molecule has 0 radical (unpaired) electrons. The third-order valence-electron chi connectivity index (χ3n) is 2.46. The summed E-state index contributed by atoms with van der Waals surface area (Å²) in [5.41, 5.74) is 0.707. The number of hydrogen-bond donors (Lipinski definition) is 1. The molecule has 2 rings (SSSR count). The van der Waals surface area contributed by atoms with Crippen LogP contribution in [0.5, 0.6) is 11.5 Å². The van der Waals surface area contributed by atoms with E-state index in [-0.39, 0.29) is 23.7 Å². The Morgan fingerprint density at radius 1 is 1.11 bits per heavy atom. The molecule has 0 bridgehead atoms. The van der Waals surface area contributed by atoms with Crippen LogP contribution in [0.2, 0.25) is 0 Å². The van der Waals surface area contributed by atoms with Crippen LogP contribution in [0.15, 0.2) is 36.4 Å². The van der Waals surface area contributed by atoms with Crippen LogP contribution in [0.1, 0.15) is 11.1 Å². The van der Waals surface area contributed by atoms with Crippen LogP contribution in [0.25, 0.3) is 0 Å². The molecule has 0 aliphatic carbocycles. The summed E-state index contributed by atoms with van der Waals surface area (Å²) in [7, 11) is 0. The van der Waals surface area contributed by atoms with Gasteiger partial charge in [-0.05, 0) is 29.8 Å². The zero-order valence-electron chi connectivity index (χ0n) is 9.73. The molecule has 19 heavy (non-hydrogen) atoms. The zero-order chi connectivity index (χ0) is 13.8. The van der Waals surface area contributed by atoms with Gasteiger partial charge < -0.3 is 9.84 Å². The van der Waals surface area contributed by atoms with Crippen molar-refractivity contribution in [3.63, 3.8) is 0 Å². The van der Waals surface area contributed by atoms with Gasteiger partial charge in [-0.15, -0.1) is 0 Å². The van der Waals surface area contributed by atoms with Crippen LogP contribution in [0, 0.1) is 23.0 Å². The van der Waals surface area contributed by atoms with Crippen molar-refractivity contribution in [2.24, 2.45) is 0 Å². The number of hydrogen-bond acceptors (Lipinski definition) is 3. The fourth-order valence-electron chi connectivity index (χ4n) is 1.53. The van der Waals surface area contributed by atoms with Gasteiger partial charge in [0.05, 0.1) is 12.2 Å². The third-order valence-corrected chi connectivity index (χ3v) is 2.46. The summed E-state index contributed by atoms with van der Waals surface area (Å²) in [5.74, 6) is -1.59. The van der Waals surface area contributed by atoms with Gasteiger partial charge in [0, 0.05) is 6.07 Å². The molecule has 0 aliphatic heterocycles. The number of aliphatic hydroxyl groups excluding tert-OH is 1. The Balaban J connectivity index is 2.35. The summed E-state index contributed by atoms with van der Waals surface area (Å²) in [5, 5.41) is 17.9. The van der Waals surface area contributed by atoms with E-state index < -0.39 is 11.6 Å². The summed E-state index contributed by atoms with van der Waals surface area (Å²) >= 11 is 0. The number of ether oxygens (including phenoxy) is 1. The Morgan fingerprint density at radius 2 is 1.84 bits per heavy atom. The third kappa shape index (κ3) is 2.87. The number of nitriles is 1. The van der Waals surface area contributed by atoms with E-state index in [1.807, 2.05) is 6.07 Å². The summed E-state index contributed by atoms with van der Waals surface area (Å²) in [6.07, 6.45) is 0. The first-order valence-electron chi connectivity index (χ1n) is 5.41. The Labute approximate surface area is 108 Å². The van der Waals surface area contributed by atoms with Crippen molar-refractivity contribution in [2.75, 3.05) is 0 Å². The van der Waals surface area contributed by atoms with Crippen LogP contribution in [0.4, 0.5) is 8.78 Å². The minimum absolute atomic E-state index is 0.144. The zero-order valence-corrected chi connectivity index (χ0v) is 9.73. The van der Waals surface area contributed by atoms with Crippen LogP contribution < -0.4 is 4.74 Å². The summed E-state index contributed by atoms with van der Waals surface area (Å²) < 4.78 is 31.4. The van der Waals surface area contributed by atoms with Crippen LogP contribution in [-0.2, 0) is 6.61 Å². The van der Waals surface area contributed by atoms with Gasteiger partial charge >= 0.3 is 0 Å². The Morgan fingerprint density at radius 3 is 2.47 bits per heavy atom. The molecule has 96 valence electrons. The Hall–Kier alpha value is -2.45. The number of halogens is 2. The van der Waals surface area contributed by atoms with Gasteiger partial charge in [-0.3, -0.25) is 0 Å².